The van der Waals surface area contributed by atoms with Gasteiger partial charge in [0, 0.05) is 32.1 Å². The molecule has 0 unspecified atom stereocenters. The highest BCUT2D eigenvalue weighted by Crippen LogP contribution is 2.19. The molecule has 4 heteroatoms. The molecule has 1 saturated heterocycles. The monoisotopic (exact) mass is 257 g/mol. The van der Waals surface area contributed by atoms with Gasteiger partial charge < -0.3 is 5.11 Å². The zero-order valence-electron chi connectivity index (χ0n) is 11.0. The smallest absolute Gasteiger partial charge is 0.0890 e. The second kappa shape index (κ2) is 5.63. The van der Waals surface area contributed by atoms with E-state index in [1.807, 2.05) is 6.07 Å². The predicted molar refractivity (Wildman–Crippen MR) is 74.6 cm³/mol. The van der Waals surface area contributed by atoms with Crippen molar-refractivity contribution >= 4 is 11.0 Å². The zero-order chi connectivity index (χ0) is 13.1. The van der Waals surface area contributed by atoms with Crippen molar-refractivity contribution in [3.05, 3.63) is 36.2 Å². The fourth-order valence-corrected chi connectivity index (χ4v) is 2.81. The van der Waals surface area contributed by atoms with Crippen molar-refractivity contribution in [2.45, 2.75) is 19.4 Å². The second-order valence-electron chi connectivity index (χ2n) is 5.31. The number of nitrogens with zero attached hydrogens (tertiary/aromatic N) is 3. The van der Waals surface area contributed by atoms with Gasteiger partial charge in [-0.05, 0) is 43.0 Å². The molecule has 1 fully saturated rings. The maximum Gasteiger partial charge on any atom is 0.0890 e. The van der Waals surface area contributed by atoms with E-state index in [0.29, 0.717) is 12.5 Å². The van der Waals surface area contributed by atoms with Gasteiger partial charge in [-0.3, -0.25) is 14.9 Å². The summed E-state index contributed by atoms with van der Waals surface area (Å²) in [6.07, 6.45) is 5.78. The average molecular weight is 257 g/mol. The van der Waals surface area contributed by atoms with Crippen molar-refractivity contribution in [1.29, 1.82) is 0 Å². The van der Waals surface area contributed by atoms with E-state index in [2.05, 4.69) is 27.0 Å². The fourth-order valence-electron chi connectivity index (χ4n) is 2.81. The van der Waals surface area contributed by atoms with Crippen LogP contribution in [-0.4, -0.2) is 39.7 Å². The minimum absolute atomic E-state index is 0.305. The van der Waals surface area contributed by atoms with Crippen LogP contribution >= 0.6 is 0 Å². The van der Waals surface area contributed by atoms with Crippen molar-refractivity contribution < 1.29 is 5.11 Å². The molecular weight excluding hydrogens is 238 g/mol. The van der Waals surface area contributed by atoms with Gasteiger partial charge >= 0.3 is 0 Å². The summed E-state index contributed by atoms with van der Waals surface area (Å²) in [7, 11) is 0. The molecule has 1 aliphatic rings. The average Bonchev–Trinajstić information content (AvgIpc) is 2.47. The molecule has 3 rings (SSSR count). The van der Waals surface area contributed by atoms with Crippen LogP contribution in [-0.2, 0) is 6.54 Å². The Morgan fingerprint density at radius 1 is 1.21 bits per heavy atom. The highest BCUT2D eigenvalue weighted by molar-refractivity contribution is 5.74. The van der Waals surface area contributed by atoms with Gasteiger partial charge in [0.15, 0.2) is 0 Å². The molecule has 0 saturated carbocycles. The third-order valence-corrected chi connectivity index (χ3v) is 3.80. The number of fused-ring (bicyclic) bond motifs is 1. The molecule has 1 N–H and O–H groups in total. The Morgan fingerprint density at radius 2 is 2.05 bits per heavy atom. The first-order valence-electron chi connectivity index (χ1n) is 6.88. The van der Waals surface area contributed by atoms with E-state index >= 15 is 0 Å². The number of rotatable bonds is 3. The number of aromatic nitrogens is 2. The summed E-state index contributed by atoms with van der Waals surface area (Å²) < 4.78 is 0. The maximum atomic E-state index is 9.27. The van der Waals surface area contributed by atoms with E-state index in [4.69, 9.17) is 0 Å². The Bertz CT molecular complexity index is 558. The summed E-state index contributed by atoms with van der Waals surface area (Å²) in [4.78, 5) is 11.0. The lowest BCUT2D eigenvalue weighted by molar-refractivity contribution is 0.116. The Morgan fingerprint density at radius 3 is 2.89 bits per heavy atom. The van der Waals surface area contributed by atoms with E-state index in [0.717, 1.165) is 37.1 Å². The summed E-state index contributed by atoms with van der Waals surface area (Å²) in [5, 5.41) is 9.27. The summed E-state index contributed by atoms with van der Waals surface area (Å²) in [6.45, 7) is 3.35. The molecule has 0 amide bonds. The number of aliphatic hydroxyl groups is 1. The Hall–Kier alpha value is -1.52. The van der Waals surface area contributed by atoms with Crippen LogP contribution in [0.1, 0.15) is 18.4 Å². The Labute approximate surface area is 113 Å². The van der Waals surface area contributed by atoms with Crippen molar-refractivity contribution in [2.24, 2.45) is 5.92 Å². The van der Waals surface area contributed by atoms with Crippen LogP contribution < -0.4 is 0 Å². The second-order valence-corrected chi connectivity index (χ2v) is 5.31. The normalized spacial score (nSPS) is 20.8. The van der Waals surface area contributed by atoms with E-state index in [9.17, 15) is 5.11 Å². The van der Waals surface area contributed by atoms with Gasteiger partial charge in [0.2, 0.25) is 0 Å². The molecule has 100 valence electrons. The lowest BCUT2D eigenvalue weighted by Gasteiger charge is -2.31. The van der Waals surface area contributed by atoms with Crippen LogP contribution in [0.25, 0.3) is 11.0 Å². The molecule has 1 atom stereocenters. The highest BCUT2D eigenvalue weighted by Gasteiger charge is 2.19. The first-order chi connectivity index (χ1) is 9.35. The molecule has 19 heavy (non-hydrogen) atoms. The molecule has 2 heterocycles. The summed E-state index contributed by atoms with van der Waals surface area (Å²) in [6, 6.07) is 6.27. The van der Waals surface area contributed by atoms with Crippen molar-refractivity contribution in [1.82, 2.24) is 14.9 Å². The van der Waals surface area contributed by atoms with E-state index in [1.54, 1.807) is 12.4 Å². The number of aliphatic hydroxyl groups excluding tert-OH is 1. The maximum absolute atomic E-state index is 9.27. The lowest BCUT2D eigenvalue weighted by atomic mass is 9.98. The van der Waals surface area contributed by atoms with Gasteiger partial charge in [0.25, 0.3) is 0 Å². The molecule has 1 aromatic carbocycles. The van der Waals surface area contributed by atoms with E-state index in [1.165, 1.54) is 12.0 Å². The third kappa shape index (κ3) is 2.91. The van der Waals surface area contributed by atoms with Gasteiger partial charge in [0.05, 0.1) is 11.0 Å². The molecule has 1 aliphatic heterocycles. The van der Waals surface area contributed by atoms with Crippen LogP contribution in [0, 0.1) is 5.92 Å². The quantitative estimate of drug-likeness (QED) is 0.911. The van der Waals surface area contributed by atoms with Crippen LogP contribution in [0.5, 0.6) is 0 Å². The number of hydrogen-bond donors (Lipinski definition) is 1. The molecule has 0 bridgehead atoms. The van der Waals surface area contributed by atoms with Gasteiger partial charge in [-0.2, -0.15) is 0 Å². The number of piperidine rings is 1. The summed E-state index contributed by atoms with van der Waals surface area (Å²) in [5.74, 6) is 0.439. The minimum Gasteiger partial charge on any atom is -0.396 e. The molecule has 4 nitrogen and oxygen atoms in total. The van der Waals surface area contributed by atoms with Crippen LogP contribution in [0.3, 0.4) is 0 Å². The Kier molecular flexibility index (Phi) is 3.71. The Balaban J connectivity index is 1.74. The van der Waals surface area contributed by atoms with Gasteiger partial charge in [-0.1, -0.05) is 6.07 Å². The lowest BCUT2D eigenvalue weighted by Crippen LogP contribution is -2.36. The van der Waals surface area contributed by atoms with E-state index < -0.39 is 0 Å². The SMILES string of the molecule is OC[C@H]1CCCN(Cc2ccc3nccnc3c2)C1. The van der Waals surface area contributed by atoms with Crippen LogP contribution in [0.4, 0.5) is 0 Å². The van der Waals surface area contributed by atoms with Crippen LogP contribution in [0.2, 0.25) is 0 Å². The molecule has 1 aromatic heterocycles. The van der Waals surface area contributed by atoms with Gasteiger partial charge in [-0.15, -0.1) is 0 Å². The fraction of sp³-hybridized carbons (Fsp3) is 0.467. The summed E-state index contributed by atoms with van der Waals surface area (Å²) in [5.41, 5.74) is 3.17. The molecule has 0 aliphatic carbocycles. The molecule has 0 radical (unpaired) electrons. The molecule has 2 aromatic rings. The largest absolute Gasteiger partial charge is 0.396 e. The minimum atomic E-state index is 0.305. The number of likely N-dealkylation sites (tertiary alicyclic amines) is 1. The third-order valence-electron chi connectivity index (χ3n) is 3.80. The van der Waals surface area contributed by atoms with E-state index in [-0.39, 0.29) is 0 Å². The first-order valence-corrected chi connectivity index (χ1v) is 6.88. The first kappa shape index (κ1) is 12.5. The highest BCUT2D eigenvalue weighted by atomic mass is 16.3. The van der Waals surface area contributed by atoms with Gasteiger partial charge in [0.1, 0.15) is 0 Å². The van der Waals surface area contributed by atoms with Crippen LogP contribution in [0.15, 0.2) is 30.6 Å². The van der Waals surface area contributed by atoms with Gasteiger partial charge in [-0.25, -0.2) is 0 Å². The number of hydrogen-bond acceptors (Lipinski definition) is 4. The standard InChI is InChI=1S/C15H19N3O/c19-11-13-2-1-7-18(10-13)9-12-3-4-14-15(8-12)17-6-5-16-14/h3-6,8,13,19H,1-2,7,9-11H2/t13-/m0/s1. The topological polar surface area (TPSA) is 49.2 Å². The summed E-state index contributed by atoms with van der Waals surface area (Å²) >= 11 is 0. The van der Waals surface area contributed by atoms with Crippen molar-refractivity contribution in [2.75, 3.05) is 19.7 Å². The zero-order valence-corrected chi connectivity index (χ0v) is 11.0. The number of benzene rings is 1. The van der Waals surface area contributed by atoms with Crippen molar-refractivity contribution in [3.63, 3.8) is 0 Å². The van der Waals surface area contributed by atoms with Crippen molar-refractivity contribution in [3.8, 4) is 0 Å². The molecular formula is C15H19N3O. The predicted octanol–water partition coefficient (Wildman–Crippen LogP) is 1.83. The molecule has 0 spiro atoms.